The summed E-state index contributed by atoms with van der Waals surface area (Å²) in [7, 11) is 0. The molecule has 2 aliphatic carbocycles. The Morgan fingerprint density at radius 1 is 1.29 bits per heavy atom. The number of benzene rings is 1. The number of hydrogen-bond donors (Lipinski definition) is 1. The molecule has 0 aromatic heterocycles. The highest BCUT2D eigenvalue weighted by Crippen LogP contribution is 2.44. The molecule has 88 valence electrons. The summed E-state index contributed by atoms with van der Waals surface area (Å²) < 4.78 is 0. The maximum atomic E-state index is 12.2. The van der Waals surface area contributed by atoms with E-state index in [9.17, 15) is 9.59 Å². The third-order valence-electron chi connectivity index (χ3n) is 4.04. The van der Waals surface area contributed by atoms with Crippen molar-refractivity contribution in [2.45, 2.75) is 31.6 Å². The molecule has 0 heterocycles. The normalized spacial score (nSPS) is 26.5. The summed E-state index contributed by atoms with van der Waals surface area (Å²) in [6.07, 6.45) is 4.12. The van der Waals surface area contributed by atoms with E-state index in [0.29, 0.717) is 0 Å². The van der Waals surface area contributed by atoms with Gasteiger partial charge in [0.15, 0.2) is 5.78 Å². The SMILES string of the molecule is NC(=O)[C@H]1C(=O)c2cccc3c2[C@H]1CCCC3. The lowest BCUT2D eigenvalue weighted by molar-refractivity contribution is -0.120. The number of rotatable bonds is 1. The van der Waals surface area contributed by atoms with Gasteiger partial charge in [0.05, 0.1) is 0 Å². The molecule has 2 N–H and O–H groups in total. The Hall–Kier alpha value is -1.64. The second kappa shape index (κ2) is 3.69. The monoisotopic (exact) mass is 229 g/mol. The molecule has 1 amide bonds. The lowest BCUT2D eigenvalue weighted by Gasteiger charge is -2.15. The molecule has 0 saturated carbocycles. The van der Waals surface area contributed by atoms with E-state index < -0.39 is 11.8 Å². The number of primary amides is 1. The lowest BCUT2D eigenvalue weighted by atomic mass is 9.87. The zero-order chi connectivity index (χ0) is 12.0. The molecule has 0 saturated heterocycles. The fourth-order valence-corrected chi connectivity index (χ4v) is 3.32. The average Bonchev–Trinajstić information content (AvgIpc) is 2.47. The summed E-state index contributed by atoms with van der Waals surface area (Å²) in [5.74, 6) is -1.12. The zero-order valence-corrected chi connectivity index (χ0v) is 9.61. The largest absolute Gasteiger partial charge is 0.369 e. The maximum Gasteiger partial charge on any atom is 0.229 e. The fraction of sp³-hybridized carbons (Fsp3) is 0.429. The van der Waals surface area contributed by atoms with Crippen molar-refractivity contribution in [3.63, 3.8) is 0 Å². The summed E-state index contributed by atoms with van der Waals surface area (Å²) in [5.41, 5.74) is 8.48. The summed E-state index contributed by atoms with van der Waals surface area (Å²) in [4.78, 5) is 23.7. The van der Waals surface area contributed by atoms with E-state index in [4.69, 9.17) is 5.73 Å². The first-order valence-corrected chi connectivity index (χ1v) is 6.15. The Balaban J connectivity index is 2.20. The summed E-state index contributed by atoms with van der Waals surface area (Å²) >= 11 is 0. The number of hydrogen-bond acceptors (Lipinski definition) is 2. The number of carbonyl (C=O) groups excluding carboxylic acids is 2. The molecule has 0 unspecified atom stereocenters. The predicted octanol–water partition coefficient (Wildman–Crippen LogP) is 1.79. The smallest absolute Gasteiger partial charge is 0.229 e. The van der Waals surface area contributed by atoms with E-state index in [0.717, 1.165) is 36.8 Å². The Bertz CT molecular complexity index is 507. The molecule has 0 radical (unpaired) electrons. The van der Waals surface area contributed by atoms with Crippen LogP contribution in [0.2, 0.25) is 0 Å². The number of Topliss-reactive ketones (excluding diaryl/α,β-unsaturated/α-hetero) is 1. The average molecular weight is 229 g/mol. The van der Waals surface area contributed by atoms with Gasteiger partial charge >= 0.3 is 0 Å². The third-order valence-corrected chi connectivity index (χ3v) is 4.04. The molecule has 3 heteroatoms. The molecule has 2 atom stereocenters. The summed E-state index contributed by atoms with van der Waals surface area (Å²) in [6, 6.07) is 5.83. The van der Waals surface area contributed by atoms with Crippen molar-refractivity contribution in [3.05, 3.63) is 34.9 Å². The van der Waals surface area contributed by atoms with Gasteiger partial charge in [-0.3, -0.25) is 9.59 Å². The standard InChI is InChI=1S/C14H15NO2/c15-14(17)12-9-6-2-1-4-8-5-3-7-10(11(8)9)13(12)16/h3,5,7,9,12H,1-2,4,6H2,(H2,15,17)/t9-,12-/m1/s1. The minimum Gasteiger partial charge on any atom is -0.369 e. The highest BCUT2D eigenvalue weighted by molar-refractivity contribution is 6.14. The van der Waals surface area contributed by atoms with Gasteiger partial charge in [0.25, 0.3) is 0 Å². The van der Waals surface area contributed by atoms with E-state index in [1.165, 1.54) is 5.56 Å². The van der Waals surface area contributed by atoms with Crippen LogP contribution in [0.4, 0.5) is 0 Å². The van der Waals surface area contributed by atoms with E-state index in [-0.39, 0.29) is 11.7 Å². The van der Waals surface area contributed by atoms with Gasteiger partial charge in [0.2, 0.25) is 5.91 Å². The van der Waals surface area contributed by atoms with Crippen LogP contribution >= 0.6 is 0 Å². The van der Waals surface area contributed by atoms with Crippen LogP contribution in [-0.4, -0.2) is 11.7 Å². The number of nitrogens with two attached hydrogens (primary N) is 1. The van der Waals surface area contributed by atoms with Crippen LogP contribution in [0.5, 0.6) is 0 Å². The van der Waals surface area contributed by atoms with E-state index >= 15 is 0 Å². The van der Waals surface area contributed by atoms with Gasteiger partial charge in [-0.1, -0.05) is 24.6 Å². The molecule has 0 aliphatic heterocycles. The van der Waals surface area contributed by atoms with Crippen LogP contribution in [0.1, 0.15) is 46.7 Å². The molecule has 1 aromatic carbocycles. The van der Waals surface area contributed by atoms with E-state index in [2.05, 4.69) is 6.07 Å². The number of carbonyl (C=O) groups is 2. The Kier molecular flexibility index (Phi) is 2.28. The maximum absolute atomic E-state index is 12.2. The van der Waals surface area contributed by atoms with Crippen molar-refractivity contribution < 1.29 is 9.59 Å². The second-order valence-electron chi connectivity index (χ2n) is 4.97. The molecule has 0 bridgehead atoms. The van der Waals surface area contributed by atoms with Crippen LogP contribution in [0.3, 0.4) is 0 Å². The van der Waals surface area contributed by atoms with E-state index in [1.54, 1.807) is 0 Å². The molecule has 2 aliphatic rings. The van der Waals surface area contributed by atoms with Crippen molar-refractivity contribution >= 4 is 11.7 Å². The Labute approximate surface area is 100 Å². The molecular weight excluding hydrogens is 214 g/mol. The van der Waals surface area contributed by atoms with Crippen molar-refractivity contribution in [3.8, 4) is 0 Å². The predicted molar refractivity (Wildman–Crippen MR) is 63.8 cm³/mol. The van der Waals surface area contributed by atoms with Crippen molar-refractivity contribution in [2.24, 2.45) is 11.7 Å². The minimum absolute atomic E-state index is 0.0358. The van der Waals surface area contributed by atoms with Crippen LogP contribution in [-0.2, 0) is 11.2 Å². The first kappa shape index (κ1) is 10.5. The lowest BCUT2D eigenvalue weighted by Crippen LogP contribution is -2.30. The Morgan fingerprint density at radius 2 is 2.12 bits per heavy atom. The number of ketones is 1. The summed E-state index contributed by atoms with van der Waals surface area (Å²) in [5, 5.41) is 0. The van der Waals surface area contributed by atoms with Gasteiger partial charge in [-0.25, -0.2) is 0 Å². The van der Waals surface area contributed by atoms with Gasteiger partial charge < -0.3 is 5.73 Å². The molecular formula is C14H15NO2. The van der Waals surface area contributed by atoms with Crippen molar-refractivity contribution in [1.29, 1.82) is 0 Å². The fourth-order valence-electron chi connectivity index (χ4n) is 3.32. The Morgan fingerprint density at radius 3 is 2.88 bits per heavy atom. The molecule has 1 aromatic rings. The van der Waals surface area contributed by atoms with E-state index in [1.807, 2.05) is 12.1 Å². The van der Waals surface area contributed by atoms with Crippen LogP contribution in [0.25, 0.3) is 0 Å². The van der Waals surface area contributed by atoms with Crippen molar-refractivity contribution in [2.75, 3.05) is 0 Å². The highest BCUT2D eigenvalue weighted by atomic mass is 16.2. The molecule has 17 heavy (non-hydrogen) atoms. The van der Waals surface area contributed by atoms with Gasteiger partial charge in [-0.05, 0) is 30.4 Å². The molecule has 3 rings (SSSR count). The van der Waals surface area contributed by atoms with Crippen LogP contribution in [0.15, 0.2) is 18.2 Å². The molecule has 0 fully saturated rings. The molecule has 0 spiro atoms. The topological polar surface area (TPSA) is 60.2 Å². The van der Waals surface area contributed by atoms with Crippen LogP contribution < -0.4 is 5.73 Å². The van der Waals surface area contributed by atoms with Crippen molar-refractivity contribution in [1.82, 2.24) is 0 Å². The second-order valence-corrected chi connectivity index (χ2v) is 4.97. The van der Waals surface area contributed by atoms with Gasteiger partial charge in [-0.15, -0.1) is 0 Å². The third kappa shape index (κ3) is 1.42. The first-order chi connectivity index (χ1) is 8.20. The molecule has 3 nitrogen and oxygen atoms in total. The van der Waals surface area contributed by atoms with Gasteiger partial charge in [0, 0.05) is 11.5 Å². The van der Waals surface area contributed by atoms with Crippen LogP contribution in [0, 0.1) is 5.92 Å². The van der Waals surface area contributed by atoms with Gasteiger partial charge in [-0.2, -0.15) is 0 Å². The zero-order valence-electron chi connectivity index (χ0n) is 9.61. The highest BCUT2D eigenvalue weighted by Gasteiger charge is 2.44. The quantitative estimate of drug-likeness (QED) is 0.746. The minimum atomic E-state index is -0.621. The summed E-state index contributed by atoms with van der Waals surface area (Å²) in [6.45, 7) is 0. The van der Waals surface area contributed by atoms with Gasteiger partial charge in [0.1, 0.15) is 5.92 Å². The first-order valence-electron chi connectivity index (χ1n) is 6.15. The number of aryl methyl sites for hydroxylation is 1. The number of amides is 1.